The van der Waals surface area contributed by atoms with Crippen LogP contribution in [0.25, 0.3) is 0 Å². The first-order chi connectivity index (χ1) is 6.71. The number of nitrogens with zero attached hydrogens (tertiary/aromatic N) is 2. The average molecular weight is 188 g/mol. The van der Waals surface area contributed by atoms with E-state index in [-0.39, 0.29) is 0 Å². The van der Waals surface area contributed by atoms with Crippen molar-refractivity contribution in [3.63, 3.8) is 0 Å². The van der Waals surface area contributed by atoms with Crippen LogP contribution in [0.4, 0.5) is 5.69 Å². The molecule has 0 atom stereocenters. The largest absolute Gasteiger partial charge is 0.372 e. The highest BCUT2D eigenvalue weighted by atomic mass is 15.1. The number of benzene rings is 1. The minimum atomic E-state index is 0.743. The summed E-state index contributed by atoms with van der Waals surface area (Å²) in [6.07, 6.45) is 0. The van der Waals surface area contributed by atoms with Crippen molar-refractivity contribution in [1.82, 2.24) is 0 Å². The molecule has 0 aliphatic rings. The maximum absolute atomic E-state index is 8.85. The SMILES string of the molecule is CCN(CC)c1cc(C)cc(C#N)c1. The molecule has 74 valence electrons. The van der Waals surface area contributed by atoms with E-state index in [1.54, 1.807) is 0 Å². The van der Waals surface area contributed by atoms with E-state index in [2.05, 4.69) is 30.9 Å². The number of nitriles is 1. The molecule has 0 fully saturated rings. The first-order valence-corrected chi connectivity index (χ1v) is 4.98. The lowest BCUT2D eigenvalue weighted by Gasteiger charge is -2.21. The van der Waals surface area contributed by atoms with Crippen LogP contribution < -0.4 is 4.90 Å². The Morgan fingerprint density at radius 3 is 2.36 bits per heavy atom. The topological polar surface area (TPSA) is 27.0 Å². The molecule has 1 aromatic carbocycles. The van der Waals surface area contributed by atoms with Gasteiger partial charge in [-0.3, -0.25) is 0 Å². The second-order valence-electron chi connectivity index (χ2n) is 3.34. The quantitative estimate of drug-likeness (QED) is 0.729. The van der Waals surface area contributed by atoms with E-state index < -0.39 is 0 Å². The van der Waals surface area contributed by atoms with E-state index in [4.69, 9.17) is 5.26 Å². The highest BCUT2D eigenvalue weighted by Gasteiger charge is 2.03. The minimum Gasteiger partial charge on any atom is -0.372 e. The van der Waals surface area contributed by atoms with Gasteiger partial charge in [0.05, 0.1) is 11.6 Å². The predicted molar refractivity (Wildman–Crippen MR) is 59.5 cm³/mol. The van der Waals surface area contributed by atoms with Crippen molar-refractivity contribution >= 4 is 5.69 Å². The highest BCUT2D eigenvalue weighted by Crippen LogP contribution is 2.18. The molecule has 1 aromatic rings. The molecule has 0 bridgehead atoms. The maximum atomic E-state index is 8.85. The molecule has 0 heterocycles. The van der Waals surface area contributed by atoms with Crippen LogP contribution in [0.2, 0.25) is 0 Å². The summed E-state index contributed by atoms with van der Waals surface area (Å²) in [6.45, 7) is 8.22. The van der Waals surface area contributed by atoms with Crippen LogP contribution >= 0.6 is 0 Å². The predicted octanol–water partition coefficient (Wildman–Crippen LogP) is 2.71. The Labute approximate surface area is 85.8 Å². The molecular formula is C12H16N2. The Hall–Kier alpha value is -1.49. The molecule has 2 nitrogen and oxygen atoms in total. The van der Waals surface area contributed by atoms with E-state index in [0.29, 0.717) is 0 Å². The second kappa shape index (κ2) is 4.66. The zero-order valence-corrected chi connectivity index (χ0v) is 9.04. The fourth-order valence-electron chi connectivity index (χ4n) is 1.60. The summed E-state index contributed by atoms with van der Waals surface area (Å²) >= 11 is 0. The monoisotopic (exact) mass is 188 g/mol. The molecule has 0 amide bonds. The molecule has 0 aliphatic heterocycles. The molecular weight excluding hydrogens is 172 g/mol. The number of hydrogen-bond donors (Lipinski definition) is 0. The van der Waals surface area contributed by atoms with Crippen molar-refractivity contribution < 1.29 is 0 Å². The van der Waals surface area contributed by atoms with Gasteiger partial charge in [0.2, 0.25) is 0 Å². The van der Waals surface area contributed by atoms with E-state index >= 15 is 0 Å². The summed E-state index contributed by atoms with van der Waals surface area (Å²) < 4.78 is 0. The Kier molecular flexibility index (Phi) is 3.53. The zero-order chi connectivity index (χ0) is 10.6. The van der Waals surface area contributed by atoms with Crippen LogP contribution in [0.1, 0.15) is 25.0 Å². The molecule has 2 heteroatoms. The van der Waals surface area contributed by atoms with Gasteiger partial charge < -0.3 is 4.90 Å². The molecule has 0 aliphatic carbocycles. The first-order valence-electron chi connectivity index (χ1n) is 4.98. The summed E-state index contributed by atoms with van der Waals surface area (Å²) in [4.78, 5) is 2.24. The van der Waals surface area contributed by atoms with Gasteiger partial charge in [-0.25, -0.2) is 0 Å². The molecule has 1 rings (SSSR count). The Bertz CT molecular complexity index is 346. The summed E-state index contributed by atoms with van der Waals surface area (Å²) in [5.41, 5.74) is 3.03. The number of rotatable bonds is 3. The van der Waals surface area contributed by atoms with Crippen LogP contribution in [0.3, 0.4) is 0 Å². The summed E-state index contributed by atoms with van der Waals surface area (Å²) in [5, 5.41) is 8.85. The van der Waals surface area contributed by atoms with Gasteiger partial charge in [-0.05, 0) is 44.5 Å². The van der Waals surface area contributed by atoms with Crippen molar-refractivity contribution in [1.29, 1.82) is 5.26 Å². The highest BCUT2D eigenvalue weighted by molar-refractivity contribution is 5.53. The van der Waals surface area contributed by atoms with Crippen LogP contribution in [0.15, 0.2) is 18.2 Å². The van der Waals surface area contributed by atoms with Gasteiger partial charge in [0.15, 0.2) is 0 Å². The number of hydrogen-bond acceptors (Lipinski definition) is 2. The molecule has 0 aromatic heterocycles. The normalized spacial score (nSPS) is 9.57. The van der Waals surface area contributed by atoms with Gasteiger partial charge in [0.25, 0.3) is 0 Å². The van der Waals surface area contributed by atoms with Crippen molar-refractivity contribution in [2.24, 2.45) is 0 Å². The third kappa shape index (κ3) is 2.26. The molecule has 14 heavy (non-hydrogen) atoms. The first kappa shape index (κ1) is 10.6. The summed E-state index contributed by atoms with van der Waals surface area (Å²) in [6, 6.07) is 8.16. The molecule has 0 N–H and O–H groups in total. The lowest BCUT2D eigenvalue weighted by Crippen LogP contribution is -2.21. The molecule has 0 spiro atoms. The van der Waals surface area contributed by atoms with E-state index in [9.17, 15) is 0 Å². The van der Waals surface area contributed by atoms with Crippen molar-refractivity contribution in [3.05, 3.63) is 29.3 Å². The fraction of sp³-hybridized carbons (Fsp3) is 0.417. The lowest BCUT2D eigenvalue weighted by molar-refractivity contribution is 0.865. The number of aryl methyl sites for hydroxylation is 1. The van der Waals surface area contributed by atoms with Crippen molar-refractivity contribution in [2.75, 3.05) is 18.0 Å². The van der Waals surface area contributed by atoms with E-state index in [1.807, 2.05) is 19.1 Å². The molecule has 0 radical (unpaired) electrons. The molecule has 0 saturated carbocycles. The Balaban J connectivity index is 3.09. The Morgan fingerprint density at radius 1 is 1.21 bits per heavy atom. The fourth-order valence-corrected chi connectivity index (χ4v) is 1.60. The third-order valence-electron chi connectivity index (χ3n) is 2.32. The zero-order valence-electron chi connectivity index (χ0n) is 9.04. The van der Waals surface area contributed by atoms with Crippen LogP contribution in [0.5, 0.6) is 0 Å². The molecule has 0 unspecified atom stereocenters. The maximum Gasteiger partial charge on any atom is 0.0992 e. The minimum absolute atomic E-state index is 0.743. The average Bonchev–Trinajstić information content (AvgIpc) is 2.19. The smallest absolute Gasteiger partial charge is 0.0992 e. The summed E-state index contributed by atoms with van der Waals surface area (Å²) in [7, 11) is 0. The number of anilines is 1. The standard InChI is InChI=1S/C12H16N2/c1-4-14(5-2)12-7-10(3)6-11(8-12)9-13/h6-8H,4-5H2,1-3H3. The van der Waals surface area contributed by atoms with Crippen molar-refractivity contribution in [3.8, 4) is 6.07 Å². The third-order valence-corrected chi connectivity index (χ3v) is 2.32. The van der Waals surface area contributed by atoms with Gasteiger partial charge in [-0.1, -0.05) is 0 Å². The van der Waals surface area contributed by atoms with Crippen LogP contribution in [-0.2, 0) is 0 Å². The van der Waals surface area contributed by atoms with E-state index in [1.165, 1.54) is 0 Å². The van der Waals surface area contributed by atoms with Crippen molar-refractivity contribution in [2.45, 2.75) is 20.8 Å². The Morgan fingerprint density at radius 2 is 1.86 bits per heavy atom. The van der Waals surface area contributed by atoms with Crippen LogP contribution in [-0.4, -0.2) is 13.1 Å². The van der Waals surface area contributed by atoms with Gasteiger partial charge in [0, 0.05) is 18.8 Å². The van der Waals surface area contributed by atoms with Gasteiger partial charge >= 0.3 is 0 Å². The van der Waals surface area contributed by atoms with E-state index in [0.717, 1.165) is 29.9 Å². The summed E-state index contributed by atoms with van der Waals surface area (Å²) in [5.74, 6) is 0. The van der Waals surface area contributed by atoms with Gasteiger partial charge in [-0.15, -0.1) is 0 Å². The lowest BCUT2D eigenvalue weighted by atomic mass is 10.1. The molecule has 0 saturated heterocycles. The van der Waals surface area contributed by atoms with Crippen LogP contribution in [0, 0.1) is 18.3 Å². The second-order valence-corrected chi connectivity index (χ2v) is 3.34. The van der Waals surface area contributed by atoms with Gasteiger partial charge in [-0.2, -0.15) is 5.26 Å². The van der Waals surface area contributed by atoms with Gasteiger partial charge in [0.1, 0.15) is 0 Å².